The van der Waals surface area contributed by atoms with E-state index in [0.717, 1.165) is 6.07 Å². The van der Waals surface area contributed by atoms with Gasteiger partial charge in [0.15, 0.2) is 0 Å². The molecule has 0 unspecified atom stereocenters. The third kappa shape index (κ3) is 2.41. The Kier molecular flexibility index (Phi) is 3.25. The zero-order valence-corrected chi connectivity index (χ0v) is 11.4. The molecule has 1 aliphatic carbocycles. The van der Waals surface area contributed by atoms with Gasteiger partial charge < -0.3 is 4.74 Å². The van der Waals surface area contributed by atoms with Crippen LogP contribution in [0.3, 0.4) is 0 Å². The zero-order chi connectivity index (χ0) is 14.5. The molecule has 0 saturated heterocycles. The van der Waals surface area contributed by atoms with Crippen molar-refractivity contribution < 1.29 is 26.3 Å². The molecular formula is C11H10ClF3O3S. The molecule has 0 amide bonds. The lowest BCUT2D eigenvalue weighted by molar-refractivity contribution is -0.160. The van der Waals surface area contributed by atoms with E-state index in [9.17, 15) is 21.6 Å². The van der Waals surface area contributed by atoms with Crippen molar-refractivity contribution >= 4 is 19.7 Å². The molecule has 0 aromatic heterocycles. The second kappa shape index (κ2) is 4.28. The molecule has 1 aliphatic rings. The number of ether oxygens (including phenoxy) is 1. The highest BCUT2D eigenvalue weighted by Crippen LogP contribution is 2.59. The van der Waals surface area contributed by atoms with Crippen LogP contribution < -0.4 is 4.74 Å². The van der Waals surface area contributed by atoms with Crippen LogP contribution in [-0.2, 0) is 14.5 Å². The summed E-state index contributed by atoms with van der Waals surface area (Å²) in [5, 5.41) is 0. The van der Waals surface area contributed by atoms with E-state index in [-0.39, 0.29) is 24.2 Å². The largest absolute Gasteiger partial charge is 0.495 e. The van der Waals surface area contributed by atoms with Crippen LogP contribution in [0.15, 0.2) is 23.1 Å². The molecule has 0 N–H and O–H groups in total. The smallest absolute Gasteiger partial charge is 0.398 e. The summed E-state index contributed by atoms with van der Waals surface area (Å²) in [5.74, 6) is -0.0725. The molecule has 19 heavy (non-hydrogen) atoms. The van der Waals surface area contributed by atoms with Crippen molar-refractivity contribution in [3.63, 3.8) is 0 Å². The SMILES string of the molecule is COc1ccc(C2(C(F)(F)F)CC2)cc1S(=O)(=O)Cl. The lowest BCUT2D eigenvalue weighted by Gasteiger charge is -2.20. The van der Waals surface area contributed by atoms with Crippen LogP contribution in [0.5, 0.6) is 5.75 Å². The lowest BCUT2D eigenvalue weighted by atomic mass is 9.95. The molecule has 2 rings (SSSR count). The van der Waals surface area contributed by atoms with Crippen LogP contribution in [-0.4, -0.2) is 21.7 Å². The molecule has 0 spiro atoms. The summed E-state index contributed by atoms with van der Waals surface area (Å²) in [5.41, 5.74) is -2.05. The fourth-order valence-electron chi connectivity index (χ4n) is 2.03. The predicted molar refractivity (Wildman–Crippen MR) is 63.0 cm³/mol. The zero-order valence-electron chi connectivity index (χ0n) is 9.79. The molecule has 0 bridgehead atoms. The minimum atomic E-state index is -4.41. The van der Waals surface area contributed by atoms with Gasteiger partial charge in [0.25, 0.3) is 9.05 Å². The van der Waals surface area contributed by atoms with Gasteiger partial charge in [-0.2, -0.15) is 13.2 Å². The Morgan fingerprint density at radius 3 is 2.26 bits per heavy atom. The molecule has 0 heterocycles. The number of halogens is 4. The van der Waals surface area contributed by atoms with E-state index < -0.39 is 25.5 Å². The summed E-state index contributed by atoms with van der Waals surface area (Å²) in [7, 11) is 2.26. The molecule has 1 aromatic rings. The van der Waals surface area contributed by atoms with Gasteiger partial charge in [-0.25, -0.2) is 8.42 Å². The molecule has 3 nitrogen and oxygen atoms in total. The Hall–Kier alpha value is -0.950. The fraction of sp³-hybridized carbons (Fsp3) is 0.455. The van der Waals surface area contributed by atoms with E-state index in [1.165, 1.54) is 19.2 Å². The first-order valence-corrected chi connectivity index (χ1v) is 7.63. The van der Waals surface area contributed by atoms with Crippen molar-refractivity contribution in [2.24, 2.45) is 0 Å². The predicted octanol–water partition coefficient (Wildman–Crippen LogP) is 3.22. The summed E-state index contributed by atoms with van der Waals surface area (Å²) >= 11 is 0. The third-order valence-electron chi connectivity index (χ3n) is 3.27. The average molecular weight is 315 g/mol. The van der Waals surface area contributed by atoms with E-state index in [1.807, 2.05) is 0 Å². The van der Waals surface area contributed by atoms with Crippen LogP contribution in [0, 0.1) is 0 Å². The minimum absolute atomic E-state index is 0.0510. The van der Waals surface area contributed by atoms with Gasteiger partial charge in [-0.3, -0.25) is 0 Å². The van der Waals surface area contributed by atoms with Gasteiger partial charge in [0.1, 0.15) is 10.6 Å². The first-order chi connectivity index (χ1) is 8.62. The van der Waals surface area contributed by atoms with Crippen LogP contribution in [0.1, 0.15) is 18.4 Å². The van der Waals surface area contributed by atoms with E-state index in [4.69, 9.17) is 15.4 Å². The van der Waals surface area contributed by atoms with Crippen molar-refractivity contribution in [3.8, 4) is 5.75 Å². The molecule has 1 fully saturated rings. The maximum atomic E-state index is 13.0. The number of benzene rings is 1. The first kappa shape index (κ1) is 14.5. The van der Waals surface area contributed by atoms with Gasteiger partial charge >= 0.3 is 6.18 Å². The second-order valence-electron chi connectivity index (χ2n) is 4.38. The van der Waals surface area contributed by atoms with Gasteiger partial charge in [0, 0.05) is 10.7 Å². The molecule has 8 heteroatoms. The van der Waals surface area contributed by atoms with Crippen molar-refractivity contribution in [3.05, 3.63) is 23.8 Å². The standard InChI is InChI=1S/C11H10ClF3O3S/c1-18-8-3-2-7(6-9(8)19(12,16)17)10(4-5-10)11(13,14)15/h2-3,6H,4-5H2,1H3. The molecule has 0 aliphatic heterocycles. The van der Waals surface area contributed by atoms with Gasteiger partial charge in [0.2, 0.25) is 0 Å². The van der Waals surface area contributed by atoms with Crippen molar-refractivity contribution in [2.45, 2.75) is 29.3 Å². The van der Waals surface area contributed by atoms with Crippen LogP contribution in [0.25, 0.3) is 0 Å². The molecule has 0 radical (unpaired) electrons. The maximum Gasteiger partial charge on any atom is 0.398 e. The molecule has 0 atom stereocenters. The summed E-state index contributed by atoms with van der Waals surface area (Å²) < 4.78 is 66.5. The van der Waals surface area contributed by atoms with E-state index >= 15 is 0 Å². The normalized spacial score (nSPS) is 18.2. The molecular weight excluding hydrogens is 305 g/mol. The second-order valence-corrected chi connectivity index (χ2v) is 6.92. The Labute approximate surface area is 112 Å². The number of methoxy groups -OCH3 is 1. The van der Waals surface area contributed by atoms with E-state index in [0.29, 0.717) is 0 Å². The first-order valence-electron chi connectivity index (χ1n) is 5.32. The van der Waals surface area contributed by atoms with Crippen LogP contribution in [0.4, 0.5) is 13.2 Å². The summed E-state index contributed by atoms with van der Waals surface area (Å²) in [6, 6.07) is 3.36. The highest BCUT2D eigenvalue weighted by Gasteiger charge is 2.64. The molecule has 106 valence electrons. The highest BCUT2D eigenvalue weighted by molar-refractivity contribution is 8.13. The highest BCUT2D eigenvalue weighted by atomic mass is 35.7. The monoisotopic (exact) mass is 314 g/mol. The number of alkyl halides is 3. The number of rotatable bonds is 3. The Morgan fingerprint density at radius 1 is 1.32 bits per heavy atom. The van der Waals surface area contributed by atoms with Gasteiger partial charge in [-0.1, -0.05) is 6.07 Å². The van der Waals surface area contributed by atoms with E-state index in [1.54, 1.807) is 0 Å². The fourth-order valence-corrected chi connectivity index (χ4v) is 3.05. The summed E-state index contributed by atoms with van der Waals surface area (Å²) in [6.07, 6.45) is -4.51. The van der Waals surface area contributed by atoms with Crippen LogP contribution >= 0.6 is 10.7 Å². The van der Waals surface area contributed by atoms with Gasteiger partial charge in [-0.15, -0.1) is 0 Å². The average Bonchev–Trinajstić information content (AvgIpc) is 3.07. The number of hydrogen-bond acceptors (Lipinski definition) is 3. The topological polar surface area (TPSA) is 43.4 Å². The minimum Gasteiger partial charge on any atom is -0.495 e. The third-order valence-corrected chi connectivity index (χ3v) is 4.61. The van der Waals surface area contributed by atoms with Gasteiger partial charge in [-0.05, 0) is 30.5 Å². The van der Waals surface area contributed by atoms with Crippen molar-refractivity contribution in [1.82, 2.24) is 0 Å². The Morgan fingerprint density at radius 2 is 1.89 bits per heavy atom. The quantitative estimate of drug-likeness (QED) is 0.805. The summed E-state index contributed by atoms with van der Waals surface area (Å²) in [6.45, 7) is 0. The Bertz CT molecular complexity index is 606. The van der Waals surface area contributed by atoms with Crippen LogP contribution in [0.2, 0.25) is 0 Å². The maximum absolute atomic E-state index is 13.0. The van der Waals surface area contributed by atoms with Crippen molar-refractivity contribution in [2.75, 3.05) is 7.11 Å². The van der Waals surface area contributed by atoms with Gasteiger partial charge in [0.05, 0.1) is 12.5 Å². The van der Waals surface area contributed by atoms with E-state index in [2.05, 4.69) is 0 Å². The molecule has 1 saturated carbocycles. The lowest BCUT2D eigenvalue weighted by Crippen LogP contribution is -2.28. The Balaban J connectivity index is 2.58. The molecule has 1 aromatic carbocycles. The van der Waals surface area contributed by atoms with Crippen molar-refractivity contribution in [1.29, 1.82) is 0 Å². The number of hydrogen-bond donors (Lipinski definition) is 0. The summed E-state index contributed by atoms with van der Waals surface area (Å²) in [4.78, 5) is -0.440.